The molecular formula is C15H25N3. The minimum absolute atomic E-state index is 0.548. The van der Waals surface area contributed by atoms with Gasteiger partial charge in [-0.15, -0.1) is 0 Å². The van der Waals surface area contributed by atoms with Gasteiger partial charge in [-0.3, -0.25) is 4.98 Å². The van der Waals surface area contributed by atoms with E-state index in [0.717, 1.165) is 13.0 Å². The molecule has 2 rings (SSSR count). The van der Waals surface area contributed by atoms with Gasteiger partial charge in [0.1, 0.15) is 0 Å². The van der Waals surface area contributed by atoms with Gasteiger partial charge in [0.05, 0.1) is 5.69 Å². The highest BCUT2D eigenvalue weighted by molar-refractivity contribution is 5.19. The molecule has 1 aliphatic rings. The molecule has 2 atom stereocenters. The minimum atomic E-state index is 0.548. The highest BCUT2D eigenvalue weighted by atomic mass is 15.0. The molecule has 1 aromatic rings. The van der Waals surface area contributed by atoms with Crippen molar-refractivity contribution in [3.8, 4) is 0 Å². The van der Waals surface area contributed by atoms with E-state index in [1.807, 2.05) is 12.3 Å². The van der Waals surface area contributed by atoms with Crippen LogP contribution >= 0.6 is 0 Å². The third kappa shape index (κ3) is 3.79. The monoisotopic (exact) mass is 247 g/mol. The summed E-state index contributed by atoms with van der Waals surface area (Å²) < 4.78 is 0. The Bertz CT molecular complexity index is 359. The molecule has 1 saturated heterocycles. The molecule has 1 fully saturated rings. The van der Waals surface area contributed by atoms with E-state index in [1.54, 1.807) is 0 Å². The van der Waals surface area contributed by atoms with Gasteiger partial charge in [-0.1, -0.05) is 13.0 Å². The van der Waals surface area contributed by atoms with Gasteiger partial charge in [0, 0.05) is 24.8 Å². The first kappa shape index (κ1) is 13.5. The number of aryl methyl sites for hydroxylation is 1. The fourth-order valence-electron chi connectivity index (χ4n) is 2.69. The van der Waals surface area contributed by atoms with E-state index in [-0.39, 0.29) is 0 Å². The van der Waals surface area contributed by atoms with Crippen molar-refractivity contribution in [2.45, 2.75) is 58.2 Å². The molecule has 0 radical (unpaired) electrons. The Morgan fingerprint density at radius 2 is 2.44 bits per heavy atom. The fraction of sp³-hybridized carbons (Fsp3) is 0.667. The summed E-state index contributed by atoms with van der Waals surface area (Å²) in [4.78, 5) is 4.48. The van der Waals surface area contributed by atoms with Crippen LogP contribution in [0.5, 0.6) is 0 Å². The van der Waals surface area contributed by atoms with Crippen LogP contribution in [0.3, 0.4) is 0 Å². The van der Waals surface area contributed by atoms with E-state index >= 15 is 0 Å². The predicted octanol–water partition coefficient (Wildman–Crippen LogP) is 2.26. The second-order valence-electron chi connectivity index (χ2n) is 5.27. The van der Waals surface area contributed by atoms with Crippen molar-refractivity contribution >= 4 is 0 Å². The number of pyridine rings is 1. The van der Waals surface area contributed by atoms with Crippen molar-refractivity contribution in [2.24, 2.45) is 0 Å². The van der Waals surface area contributed by atoms with Crippen LogP contribution in [-0.2, 0) is 13.0 Å². The summed E-state index contributed by atoms with van der Waals surface area (Å²) in [5.74, 6) is 0. The average Bonchev–Trinajstić information content (AvgIpc) is 2.89. The quantitative estimate of drug-likeness (QED) is 0.809. The van der Waals surface area contributed by atoms with E-state index < -0.39 is 0 Å². The van der Waals surface area contributed by atoms with Crippen molar-refractivity contribution in [3.05, 3.63) is 29.6 Å². The van der Waals surface area contributed by atoms with Crippen LogP contribution in [0.25, 0.3) is 0 Å². The summed E-state index contributed by atoms with van der Waals surface area (Å²) in [6.45, 7) is 6.54. The van der Waals surface area contributed by atoms with Gasteiger partial charge in [0.2, 0.25) is 0 Å². The Kier molecular flexibility index (Phi) is 5.14. The van der Waals surface area contributed by atoms with Crippen molar-refractivity contribution in [2.75, 3.05) is 6.54 Å². The molecule has 0 saturated carbocycles. The Morgan fingerprint density at radius 3 is 3.17 bits per heavy atom. The molecule has 1 aliphatic heterocycles. The molecule has 3 nitrogen and oxygen atoms in total. The summed E-state index contributed by atoms with van der Waals surface area (Å²) in [6, 6.07) is 5.45. The third-order valence-electron chi connectivity index (χ3n) is 3.78. The van der Waals surface area contributed by atoms with E-state index in [4.69, 9.17) is 0 Å². The van der Waals surface area contributed by atoms with Gasteiger partial charge in [-0.25, -0.2) is 0 Å². The van der Waals surface area contributed by atoms with Crippen molar-refractivity contribution in [3.63, 3.8) is 0 Å². The highest BCUT2D eigenvalue weighted by Gasteiger charge is 2.16. The lowest BCUT2D eigenvalue weighted by Crippen LogP contribution is -2.33. The Balaban J connectivity index is 1.79. The predicted molar refractivity (Wildman–Crippen MR) is 75.6 cm³/mol. The maximum atomic E-state index is 4.48. The van der Waals surface area contributed by atoms with Gasteiger partial charge in [0.15, 0.2) is 0 Å². The van der Waals surface area contributed by atoms with Gasteiger partial charge in [-0.05, 0) is 50.8 Å². The second kappa shape index (κ2) is 6.86. The second-order valence-corrected chi connectivity index (χ2v) is 5.27. The molecule has 2 heterocycles. The van der Waals surface area contributed by atoms with Gasteiger partial charge in [-0.2, -0.15) is 0 Å². The SMILES string of the molecule is CCc1cccnc1CNC(C)CC1CCCN1. The number of nitrogens with one attached hydrogen (secondary N) is 2. The van der Waals surface area contributed by atoms with Crippen molar-refractivity contribution < 1.29 is 0 Å². The zero-order valence-electron chi connectivity index (χ0n) is 11.6. The van der Waals surface area contributed by atoms with Crippen LogP contribution in [0.2, 0.25) is 0 Å². The van der Waals surface area contributed by atoms with Gasteiger partial charge in [0.25, 0.3) is 0 Å². The largest absolute Gasteiger partial charge is 0.314 e. The van der Waals surface area contributed by atoms with E-state index in [0.29, 0.717) is 12.1 Å². The molecule has 100 valence electrons. The number of hydrogen-bond donors (Lipinski definition) is 2. The topological polar surface area (TPSA) is 37.0 Å². The lowest BCUT2D eigenvalue weighted by Gasteiger charge is -2.18. The van der Waals surface area contributed by atoms with Crippen molar-refractivity contribution in [1.29, 1.82) is 0 Å². The number of rotatable bonds is 6. The summed E-state index contributed by atoms with van der Waals surface area (Å²) in [5, 5.41) is 7.15. The standard InChI is InChI=1S/C15H25N3/c1-3-13-6-4-9-17-15(13)11-18-12(2)10-14-7-5-8-16-14/h4,6,9,12,14,16,18H,3,5,7-8,10-11H2,1-2H3. The van der Waals surface area contributed by atoms with Gasteiger partial charge < -0.3 is 10.6 Å². The maximum absolute atomic E-state index is 4.48. The summed E-state index contributed by atoms with van der Waals surface area (Å²) in [5.41, 5.74) is 2.56. The van der Waals surface area contributed by atoms with Crippen LogP contribution in [0.4, 0.5) is 0 Å². The zero-order valence-corrected chi connectivity index (χ0v) is 11.6. The van der Waals surface area contributed by atoms with Crippen LogP contribution in [0.1, 0.15) is 44.4 Å². The molecular weight excluding hydrogens is 222 g/mol. The number of hydrogen-bond acceptors (Lipinski definition) is 3. The lowest BCUT2D eigenvalue weighted by molar-refractivity contribution is 0.437. The molecule has 2 unspecified atom stereocenters. The number of aromatic nitrogens is 1. The Morgan fingerprint density at radius 1 is 1.56 bits per heavy atom. The van der Waals surface area contributed by atoms with Crippen molar-refractivity contribution in [1.82, 2.24) is 15.6 Å². The first-order valence-corrected chi connectivity index (χ1v) is 7.19. The summed E-state index contributed by atoms with van der Waals surface area (Å²) in [7, 11) is 0. The molecule has 18 heavy (non-hydrogen) atoms. The number of nitrogens with zero attached hydrogens (tertiary/aromatic N) is 1. The Hall–Kier alpha value is -0.930. The highest BCUT2D eigenvalue weighted by Crippen LogP contribution is 2.12. The molecule has 2 N–H and O–H groups in total. The molecule has 0 bridgehead atoms. The average molecular weight is 247 g/mol. The Labute approximate surface area is 110 Å². The van der Waals surface area contributed by atoms with Gasteiger partial charge >= 0.3 is 0 Å². The molecule has 0 aromatic carbocycles. The first-order valence-electron chi connectivity index (χ1n) is 7.19. The molecule has 1 aromatic heterocycles. The lowest BCUT2D eigenvalue weighted by atomic mass is 10.1. The zero-order chi connectivity index (χ0) is 12.8. The van der Waals surface area contributed by atoms with E-state index in [1.165, 1.54) is 37.1 Å². The molecule has 3 heteroatoms. The smallest absolute Gasteiger partial charge is 0.0573 e. The summed E-state index contributed by atoms with van der Waals surface area (Å²) >= 11 is 0. The maximum Gasteiger partial charge on any atom is 0.0573 e. The van der Waals surface area contributed by atoms with E-state index in [9.17, 15) is 0 Å². The third-order valence-corrected chi connectivity index (χ3v) is 3.78. The van der Waals surface area contributed by atoms with E-state index in [2.05, 4.69) is 35.5 Å². The van der Waals surface area contributed by atoms with Crippen LogP contribution < -0.4 is 10.6 Å². The minimum Gasteiger partial charge on any atom is -0.314 e. The molecule has 0 spiro atoms. The summed E-state index contributed by atoms with van der Waals surface area (Å²) in [6.07, 6.45) is 6.82. The fourth-order valence-corrected chi connectivity index (χ4v) is 2.69. The molecule has 0 aliphatic carbocycles. The van der Waals surface area contributed by atoms with Crippen LogP contribution in [0.15, 0.2) is 18.3 Å². The van der Waals surface area contributed by atoms with Crippen LogP contribution in [0, 0.1) is 0 Å². The molecule has 0 amide bonds. The van der Waals surface area contributed by atoms with Crippen LogP contribution in [-0.4, -0.2) is 23.6 Å². The normalized spacial score (nSPS) is 21.1. The first-order chi connectivity index (χ1) is 8.79.